The molecule has 2 aliphatic carbocycles. The van der Waals surface area contributed by atoms with Crippen LogP contribution in [0.5, 0.6) is 0 Å². The third-order valence-electron chi connectivity index (χ3n) is 11.5. The summed E-state index contributed by atoms with van der Waals surface area (Å²) in [7, 11) is 0. The number of thiophene rings is 1. The topological polar surface area (TPSA) is 21.1 Å². The summed E-state index contributed by atoms with van der Waals surface area (Å²) in [5, 5.41) is 2.35. The summed E-state index contributed by atoms with van der Waals surface area (Å²) in [5.74, 6) is 0.923. The van der Waals surface area contributed by atoms with E-state index < -0.39 is 5.41 Å². The molecule has 3 nitrogen and oxygen atoms in total. The van der Waals surface area contributed by atoms with Gasteiger partial charge in [0, 0.05) is 32.9 Å². The molecule has 0 N–H and O–H groups in total. The minimum absolute atomic E-state index is 0.549. The highest BCUT2D eigenvalue weighted by Crippen LogP contribution is 2.58. The first kappa shape index (κ1) is 37.8. The lowest BCUT2D eigenvalue weighted by Crippen LogP contribution is -2.29. The predicted molar refractivity (Wildman–Crippen MR) is 253 cm³/mol. The van der Waals surface area contributed by atoms with E-state index in [1.54, 1.807) is 0 Å². The number of anilines is 3. The fraction of sp³-hybridized carbons (Fsp3) is 0.109. The van der Waals surface area contributed by atoms with E-state index in [0.717, 1.165) is 52.3 Å². The van der Waals surface area contributed by atoms with Gasteiger partial charge in [0.1, 0.15) is 5.82 Å². The fourth-order valence-electron chi connectivity index (χ4n) is 9.12. The second-order valence-electron chi connectivity index (χ2n) is 14.6. The van der Waals surface area contributed by atoms with Gasteiger partial charge in [-0.25, -0.2) is 4.98 Å². The lowest BCUT2D eigenvalue weighted by Gasteiger charge is -2.35. The maximum absolute atomic E-state index is 5.18. The second-order valence-corrected chi connectivity index (χ2v) is 15.5. The van der Waals surface area contributed by atoms with E-state index in [1.165, 1.54) is 49.5 Å². The quantitative estimate of drug-likeness (QED) is 0.136. The van der Waals surface area contributed by atoms with Crippen LogP contribution in [0.3, 0.4) is 0 Å². The van der Waals surface area contributed by atoms with Gasteiger partial charge in [-0.1, -0.05) is 142 Å². The number of allylic oxidation sites excluding steroid dienone is 6. The molecule has 10 rings (SSSR count). The zero-order valence-corrected chi connectivity index (χ0v) is 34.7. The average Bonchev–Trinajstić information content (AvgIpc) is 3.99. The predicted octanol–water partition coefficient (Wildman–Crippen LogP) is 15.2. The summed E-state index contributed by atoms with van der Waals surface area (Å²) in [5.41, 5.74) is 16.0. The molecule has 59 heavy (non-hydrogen) atoms. The molecule has 0 spiro atoms. The number of imidazole rings is 1. The van der Waals surface area contributed by atoms with Crippen molar-refractivity contribution >= 4 is 45.5 Å². The number of para-hydroxylation sites is 3. The highest BCUT2D eigenvalue weighted by atomic mass is 32.1. The monoisotopic (exact) mass is 781 g/mol. The average molecular weight is 782 g/mol. The first-order valence-corrected chi connectivity index (χ1v) is 21.5. The van der Waals surface area contributed by atoms with Crippen molar-refractivity contribution in [2.24, 2.45) is 0 Å². The Labute approximate surface area is 352 Å². The smallest absolute Gasteiger partial charge is 0.145 e. The Hall–Kier alpha value is -6.75. The molecule has 0 aliphatic heterocycles. The van der Waals surface area contributed by atoms with Crippen LogP contribution in [0.2, 0.25) is 0 Å². The lowest BCUT2D eigenvalue weighted by molar-refractivity contribution is 0.766. The zero-order chi connectivity index (χ0) is 40.3. The Morgan fingerprint density at radius 3 is 2.24 bits per heavy atom. The molecular formula is C55H47N3S. The summed E-state index contributed by atoms with van der Waals surface area (Å²) in [6, 6.07) is 54.9. The molecule has 0 radical (unpaired) electrons. The summed E-state index contributed by atoms with van der Waals surface area (Å²) >= 11 is 1.83. The van der Waals surface area contributed by atoms with Gasteiger partial charge in [0.25, 0.3) is 0 Å². The maximum Gasteiger partial charge on any atom is 0.145 e. The summed E-state index contributed by atoms with van der Waals surface area (Å²) in [6.07, 6.45) is 15.2. The number of rotatable bonds is 9. The second kappa shape index (κ2) is 16.2. The molecule has 2 aliphatic rings. The van der Waals surface area contributed by atoms with E-state index >= 15 is 0 Å². The van der Waals surface area contributed by atoms with Gasteiger partial charge in [-0.15, -0.1) is 11.3 Å². The number of nitrogens with zero attached hydrogens (tertiary/aromatic N) is 3. The number of benzene rings is 6. The first-order chi connectivity index (χ1) is 29.2. The Morgan fingerprint density at radius 1 is 0.763 bits per heavy atom. The Bertz CT molecular complexity index is 2870. The summed E-state index contributed by atoms with van der Waals surface area (Å²) in [4.78, 5) is 8.99. The molecule has 2 heterocycles. The third-order valence-corrected chi connectivity index (χ3v) is 12.5. The van der Waals surface area contributed by atoms with Gasteiger partial charge in [0.05, 0.1) is 22.1 Å². The van der Waals surface area contributed by atoms with Crippen LogP contribution >= 0.6 is 11.3 Å². The summed E-state index contributed by atoms with van der Waals surface area (Å²) in [6.45, 7) is 10.3. The van der Waals surface area contributed by atoms with Gasteiger partial charge in [-0.3, -0.25) is 4.57 Å². The van der Waals surface area contributed by atoms with Crippen molar-refractivity contribution in [2.45, 2.75) is 39.0 Å². The number of aromatic nitrogens is 2. The van der Waals surface area contributed by atoms with Gasteiger partial charge >= 0.3 is 0 Å². The highest BCUT2D eigenvalue weighted by Gasteiger charge is 2.47. The van der Waals surface area contributed by atoms with Gasteiger partial charge in [0.15, 0.2) is 0 Å². The maximum atomic E-state index is 5.18. The van der Waals surface area contributed by atoms with Gasteiger partial charge in [0.2, 0.25) is 0 Å². The van der Waals surface area contributed by atoms with Crippen LogP contribution in [0, 0.1) is 0 Å². The van der Waals surface area contributed by atoms with Crippen LogP contribution < -0.4 is 4.90 Å². The van der Waals surface area contributed by atoms with Crippen molar-refractivity contribution < 1.29 is 0 Å². The molecule has 0 bridgehead atoms. The van der Waals surface area contributed by atoms with Crippen molar-refractivity contribution in [3.63, 3.8) is 0 Å². The molecule has 0 saturated carbocycles. The van der Waals surface area contributed by atoms with E-state index in [9.17, 15) is 0 Å². The van der Waals surface area contributed by atoms with E-state index in [4.69, 9.17) is 4.98 Å². The van der Waals surface area contributed by atoms with E-state index in [0.29, 0.717) is 0 Å². The van der Waals surface area contributed by atoms with Gasteiger partial charge in [-0.05, 0) is 125 Å². The van der Waals surface area contributed by atoms with Gasteiger partial charge < -0.3 is 4.90 Å². The van der Waals surface area contributed by atoms with Crippen LogP contribution in [0.15, 0.2) is 200 Å². The van der Waals surface area contributed by atoms with Crippen LogP contribution in [0.4, 0.5) is 17.1 Å². The molecule has 1 atom stereocenters. The molecule has 4 heteroatoms. The molecule has 2 aromatic heterocycles. The molecule has 1 unspecified atom stereocenters. The Kier molecular flexibility index (Phi) is 10.4. The van der Waals surface area contributed by atoms with Crippen molar-refractivity contribution in [1.82, 2.24) is 9.55 Å². The molecule has 8 aromatic rings. The van der Waals surface area contributed by atoms with Crippen LogP contribution in [-0.4, -0.2) is 9.55 Å². The SMILES string of the molecule is C=C/C=C(\C=C/C)C1(c2ccccc2)c2ccccc2-c2ccc(N(c3ccc(-c4nc5ccccc5n4-c4ccccc4)cc3)c3csc4c3CCC=C4)cc21.CC. The van der Waals surface area contributed by atoms with E-state index in [2.05, 4.69) is 210 Å². The molecule has 0 saturated heterocycles. The largest absolute Gasteiger partial charge is 0.309 e. The van der Waals surface area contributed by atoms with Crippen molar-refractivity contribution in [2.75, 3.05) is 4.90 Å². The van der Waals surface area contributed by atoms with Crippen LogP contribution in [0.1, 0.15) is 54.3 Å². The van der Waals surface area contributed by atoms with E-state index in [-0.39, 0.29) is 0 Å². The number of hydrogen-bond donors (Lipinski definition) is 0. The third kappa shape index (κ3) is 6.32. The normalized spacial score (nSPS) is 15.3. The standard InChI is InChI=1S/C53H41N3S.C2H6/c1-3-17-38(18-4-2)53(39-19-7-5-8-20-39)46-25-13-11-23-43(46)44-34-33-42(35-47(44)53)55(50-36-57-51-28-16-12-24-45(50)51)41-31-29-37(30-32-41)52-54-48-26-14-15-27-49(48)56(52)40-21-9-6-10-22-40;1-2/h3-11,13-23,25-36H,1,12,24H2,2H3;1-2H3/b18-4-,38-17+;. The molecule has 0 fully saturated rings. The van der Waals surface area contributed by atoms with Gasteiger partial charge in [-0.2, -0.15) is 0 Å². The molecular weight excluding hydrogens is 735 g/mol. The zero-order valence-electron chi connectivity index (χ0n) is 33.8. The van der Waals surface area contributed by atoms with E-state index in [1.807, 2.05) is 31.3 Å². The van der Waals surface area contributed by atoms with Crippen LogP contribution in [-0.2, 0) is 11.8 Å². The van der Waals surface area contributed by atoms with Crippen molar-refractivity contribution in [3.05, 3.63) is 227 Å². The van der Waals surface area contributed by atoms with Crippen LogP contribution in [0.25, 0.3) is 45.3 Å². The minimum atomic E-state index is -0.549. The van der Waals surface area contributed by atoms with Crippen molar-refractivity contribution in [3.8, 4) is 28.2 Å². The minimum Gasteiger partial charge on any atom is -0.309 e. The number of hydrogen-bond acceptors (Lipinski definition) is 3. The van der Waals surface area contributed by atoms with Crippen molar-refractivity contribution in [1.29, 1.82) is 0 Å². The molecule has 288 valence electrons. The molecule has 0 amide bonds. The first-order valence-electron chi connectivity index (χ1n) is 20.7. The lowest BCUT2D eigenvalue weighted by atomic mass is 9.67. The number of fused-ring (bicyclic) bond motifs is 5. The summed E-state index contributed by atoms with van der Waals surface area (Å²) < 4.78 is 2.27. The molecule has 6 aromatic carbocycles. The Morgan fingerprint density at radius 2 is 1.46 bits per heavy atom. The fourth-order valence-corrected chi connectivity index (χ4v) is 10.1. The Balaban J connectivity index is 0.00000221. The highest BCUT2D eigenvalue weighted by molar-refractivity contribution is 7.11.